The molecule has 0 N–H and O–H groups in total. The summed E-state index contributed by atoms with van der Waals surface area (Å²) in [4.78, 5) is 26.6. The molecule has 0 aromatic heterocycles. The van der Waals surface area contributed by atoms with Gasteiger partial charge in [-0.05, 0) is 41.0 Å². The highest BCUT2D eigenvalue weighted by Crippen LogP contribution is 2.45. The highest BCUT2D eigenvalue weighted by molar-refractivity contribution is 6.31. The number of ether oxygens (including phenoxy) is 1. The third-order valence-electron chi connectivity index (χ3n) is 5.14. The number of carbonyl (C=O) groups is 2. The second-order valence-corrected chi connectivity index (χ2v) is 7.19. The van der Waals surface area contributed by atoms with Crippen LogP contribution in [0, 0.1) is 0 Å². The van der Waals surface area contributed by atoms with E-state index in [0.29, 0.717) is 5.02 Å². The molecule has 1 aliphatic heterocycles. The lowest BCUT2D eigenvalue weighted by molar-refractivity contribution is -0.142. The number of fused-ring (bicyclic) bond motifs is 3. The zero-order valence-corrected chi connectivity index (χ0v) is 16.3. The number of esters is 1. The van der Waals surface area contributed by atoms with E-state index in [-0.39, 0.29) is 31.4 Å². The van der Waals surface area contributed by atoms with Crippen LogP contribution in [-0.4, -0.2) is 25.0 Å². The van der Waals surface area contributed by atoms with Gasteiger partial charge in [-0.15, -0.1) is 0 Å². The van der Waals surface area contributed by atoms with E-state index in [2.05, 4.69) is 6.07 Å². The van der Waals surface area contributed by atoms with E-state index >= 15 is 0 Å². The van der Waals surface area contributed by atoms with E-state index in [0.717, 1.165) is 27.6 Å². The zero-order valence-electron chi connectivity index (χ0n) is 15.5. The molecule has 3 aromatic rings. The first-order valence-electron chi connectivity index (χ1n) is 9.32. The molecule has 0 aliphatic carbocycles. The molecule has 4 rings (SSSR count). The van der Waals surface area contributed by atoms with Gasteiger partial charge in [0.15, 0.2) is 0 Å². The van der Waals surface area contributed by atoms with Crippen molar-refractivity contribution in [2.45, 2.75) is 19.3 Å². The van der Waals surface area contributed by atoms with E-state index < -0.39 is 5.97 Å². The molecule has 0 radical (unpaired) electrons. The second-order valence-electron chi connectivity index (χ2n) is 6.78. The summed E-state index contributed by atoms with van der Waals surface area (Å²) in [5, 5.41) is 2.79. The molecule has 0 saturated heterocycles. The Morgan fingerprint density at radius 1 is 1.11 bits per heavy atom. The molecule has 0 spiro atoms. The molecule has 3 aromatic carbocycles. The maximum absolute atomic E-state index is 13.0. The van der Waals surface area contributed by atoms with Crippen LogP contribution in [0.5, 0.6) is 0 Å². The molecule has 1 atom stereocenters. The van der Waals surface area contributed by atoms with Crippen molar-refractivity contribution in [3.05, 3.63) is 76.8 Å². The Kier molecular flexibility index (Phi) is 5.05. The molecule has 0 bridgehead atoms. The van der Waals surface area contributed by atoms with Crippen LogP contribution in [-0.2, 0) is 14.3 Å². The number of nitrogens with zero attached hydrogens (tertiary/aromatic N) is 1. The number of amides is 1. The third kappa shape index (κ3) is 3.25. The monoisotopic (exact) mass is 393 g/mol. The van der Waals surface area contributed by atoms with Crippen molar-refractivity contribution in [2.75, 3.05) is 18.1 Å². The van der Waals surface area contributed by atoms with Gasteiger partial charge in [-0.2, -0.15) is 0 Å². The quantitative estimate of drug-likeness (QED) is 0.591. The molecule has 0 fully saturated rings. The third-order valence-corrected chi connectivity index (χ3v) is 5.48. The Morgan fingerprint density at radius 2 is 1.86 bits per heavy atom. The molecule has 5 heteroatoms. The van der Waals surface area contributed by atoms with Crippen LogP contribution in [0.4, 0.5) is 5.69 Å². The minimum Gasteiger partial charge on any atom is -0.465 e. The van der Waals surface area contributed by atoms with E-state index in [1.54, 1.807) is 6.92 Å². The Bertz CT molecular complexity index is 1060. The van der Waals surface area contributed by atoms with Gasteiger partial charge >= 0.3 is 5.97 Å². The standard InChI is InChI=1S/C23H20ClNO3/c1-2-28-22(27)14-25-20-12-11-15-7-3-4-8-16(15)23(20)18(13-21(25)26)17-9-5-6-10-19(17)24/h3-12,18H,2,13-14H2,1H3. The molecule has 28 heavy (non-hydrogen) atoms. The lowest BCUT2D eigenvalue weighted by atomic mass is 9.81. The number of carbonyl (C=O) groups excluding carboxylic acids is 2. The van der Waals surface area contributed by atoms with Crippen LogP contribution in [0.3, 0.4) is 0 Å². The van der Waals surface area contributed by atoms with E-state index in [1.807, 2.05) is 54.6 Å². The van der Waals surface area contributed by atoms with Gasteiger partial charge in [-0.3, -0.25) is 9.59 Å². The molecule has 0 saturated carbocycles. The lowest BCUT2D eigenvalue weighted by Gasteiger charge is -2.35. The van der Waals surface area contributed by atoms with Crippen molar-refractivity contribution < 1.29 is 14.3 Å². The van der Waals surface area contributed by atoms with Gasteiger partial charge in [-0.1, -0.05) is 60.1 Å². The van der Waals surface area contributed by atoms with Crippen molar-refractivity contribution in [2.24, 2.45) is 0 Å². The Labute approximate surface area is 168 Å². The first-order chi connectivity index (χ1) is 13.6. The summed E-state index contributed by atoms with van der Waals surface area (Å²) in [6, 6.07) is 19.6. The van der Waals surface area contributed by atoms with Gasteiger partial charge < -0.3 is 9.64 Å². The summed E-state index contributed by atoms with van der Waals surface area (Å²) in [6.45, 7) is 1.95. The summed E-state index contributed by atoms with van der Waals surface area (Å²) in [5.74, 6) is -0.687. The highest BCUT2D eigenvalue weighted by Gasteiger charge is 2.35. The average molecular weight is 394 g/mol. The number of halogens is 1. The van der Waals surface area contributed by atoms with Crippen LogP contribution in [0.15, 0.2) is 60.7 Å². The summed E-state index contributed by atoms with van der Waals surface area (Å²) in [6.07, 6.45) is 0.254. The Hall–Kier alpha value is -2.85. The van der Waals surface area contributed by atoms with Crippen molar-refractivity contribution in [3.63, 3.8) is 0 Å². The molecule has 1 unspecified atom stereocenters. The molecule has 1 amide bonds. The van der Waals surface area contributed by atoms with Gasteiger partial charge in [0.25, 0.3) is 0 Å². The van der Waals surface area contributed by atoms with Gasteiger partial charge in [0.05, 0.1) is 6.61 Å². The summed E-state index contributed by atoms with van der Waals surface area (Å²) in [5.41, 5.74) is 2.69. The van der Waals surface area contributed by atoms with E-state index in [9.17, 15) is 9.59 Å². The minimum atomic E-state index is -0.411. The zero-order chi connectivity index (χ0) is 19.7. The van der Waals surface area contributed by atoms with E-state index in [1.165, 1.54) is 4.90 Å². The fraction of sp³-hybridized carbons (Fsp3) is 0.217. The van der Waals surface area contributed by atoms with Gasteiger partial charge in [0.2, 0.25) is 5.91 Å². The van der Waals surface area contributed by atoms with Gasteiger partial charge in [0, 0.05) is 23.0 Å². The molecule has 1 heterocycles. The molecule has 4 nitrogen and oxygen atoms in total. The summed E-state index contributed by atoms with van der Waals surface area (Å²) < 4.78 is 5.07. The predicted octanol–water partition coefficient (Wildman–Crippen LogP) is 4.92. The number of rotatable bonds is 4. The fourth-order valence-corrected chi connectivity index (χ4v) is 4.21. The van der Waals surface area contributed by atoms with Gasteiger partial charge in [0.1, 0.15) is 6.54 Å². The highest BCUT2D eigenvalue weighted by atomic mass is 35.5. The Morgan fingerprint density at radius 3 is 2.64 bits per heavy atom. The maximum Gasteiger partial charge on any atom is 0.326 e. The Balaban J connectivity index is 1.91. The predicted molar refractivity (Wildman–Crippen MR) is 111 cm³/mol. The smallest absolute Gasteiger partial charge is 0.326 e. The second kappa shape index (κ2) is 7.64. The largest absolute Gasteiger partial charge is 0.465 e. The van der Waals surface area contributed by atoms with E-state index in [4.69, 9.17) is 16.3 Å². The van der Waals surface area contributed by atoms with Crippen LogP contribution in [0.2, 0.25) is 5.02 Å². The summed E-state index contributed by atoms with van der Waals surface area (Å²) in [7, 11) is 0. The number of hydrogen-bond acceptors (Lipinski definition) is 3. The van der Waals surface area contributed by atoms with Crippen LogP contribution in [0.1, 0.15) is 30.4 Å². The topological polar surface area (TPSA) is 46.6 Å². The van der Waals surface area contributed by atoms with Crippen LogP contribution in [0.25, 0.3) is 10.8 Å². The molecular formula is C23H20ClNO3. The fourth-order valence-electron chi connectivity index (χ4n) is 3.94. The first-order valence-corrected chi connectivity index (χ1v) is 9.70. The van der Waals surface area contributed by atoms with Crippen LogP contribution >= 0.6 is 11.6 Å². The molecule has 142 valence electrons. The summed E-state index contributed by atoms with van der Waals surface area (Å²) >= 11 is 6.49. The molecule has 1 aliphatic rings. The average Bonchev–Trinajstić information content (AvgIpc) is 2.70. The number of hydrogen-bond donors (Lipinski definition) is 0. The van der Waals surface area contributed by atoms with Crippen molar-refractivity contribution in [1.82, 2.24) is 0 Å². The van der Waals surface area contributed by atoms with Crippen LogP contribution < -0.4 is 4.90 Å². The van der Waals surface area contributed by atoms with Crippen molar-refractivity contribution >= 4 is 39.9 Å². The van der Waals surface area contributed by atoms with Crippen molar-refractivity contribution in [1.29, 1.82) is 0 Å². The SMILES string of the molecule is CCOC(=O)CN1C(=O)CC(c2ccccc2Cl)c2c1ccc1ccccc21. The minimum absolute atomic E-state index is 0.0900. The molecular weight excluding hydrogens is 374 g/mol. The number of benzene rings is 3. The lowest BCUT2D eigenvalue weighted by Crippen LogP contribution is -2.41. The maximum atomic E-state index is 13.0. The van der Waals surface area contributed by atoms with Gasteiger partial charge in [-0.25, -0.2) is 0 Å². The van der Waals surface area contributed by atoms with Crippen molar-refractivity contribution in [3.8, 4) is 0 Å². The first kappa shape index (κ1) is 18.5. The number of anilines is 1. The normalized spacial score (nSPS) is 16.1.